The summed E-state index contributed by atoms with van der Waals surface area (Å²) in [6, 6.07) is 14.2. The Kier molecular flexibility index (Phi) is 3.20. The van der Waals surface area contributed by atoms with Crippen LogP contribution in [0.5, 0.6) is 11.5 Å². The number of nitrogens with one attached hydrogen (secondary N) is 1. The lowest BCUT2D eigenvalue weighted by Gasteiger charge is -2.15. The molecule has 112 valence electrons. The molecule has 0 saturated heterocycles. The number of H-pyrrole nitrogens is 1. The molecular formula is C17H17N3O2. The summed E-state index contributed by atoms with van der Waals surface area (Å²) in [5, 5.41) is 0. The number of para-hydroxylation sites is 2. The van der Waals surface area contributed by atoms with Gasteiger partial charge in [0, 0.05) is 6.54 Å². The van der Waals surface area contributed by atoms with Gasteiger partial charge in [-0.25, -0.2) is 4.98 Å². The maximum Gasteiger partial charge on any atom is 0.231 e. The Morgan fingerprint density at radius 3 is 2.86 bits per heavy atom. The van der Waals surface area contributed by atoms with E-state index in [9.17, 15) is 0 Å². The van der Waals surface area contributed by atoms with Crippen LogP contribution in [0.4, 0.5) is 0 Å². The zero-order valence-electron chi connectivity index (χ0n) is 12.4. The van der Waals surface area contributed by atoms with Crippen molar-refractivity contribution in [3.63, 3.8) is 0 Å². The van der Waals surface area contributed by atoms with E-state index in [0.717, 1.165) is 41.4 Å². The van der Waals surface area contributed by atoms with E-state index < -0.39 is 0 Å². The van der Waals surface area contributed by atoms with E-state index >= 15 is 0 Å². The average Bonchev–Trinajstić information content (AvgIpc) is 3.11. The van der Waals surface area contributed by atoms with Crippen molar-refractivity contribution in [1.82, 2.24) is 14.9 Å². The van der Waals surface area contributed by atoms with Crippen molar-refractivity contribution in [2.45, 2.75) is 13.1 Å². The summed E-state index contributed by atoms with van der Waals surface area (Å²) in [5.41, 5.74) is 3.28. The average molecular weight is 295 g/mol. The maximum atomic E-state index is 5.42. The van der Waals surface area contributed by atoms with Crippen molar-refractivity contribution in [1.29, 1.82) is 0 Å². The number of hydrogen-bond donors (Lipinski definition) is 1. The number of aromatic nitrogens is 2. The topological polar surface area (TPSA) is 50.4 Å². The van der Waals surface area contributed by atoms with Crippen LogP contribution < -0.4 is 9.47 Å². The molecule has 22 heavy (non-hydrogen) atoms. The van der Waals surface area contributed by atoms with Crippen LogP contribution in [0.25, 0.3) is 11.0 Å². The van der Waals surface area contributed by atoms with Crippen LogP contribution in [0, 0.1) is 0 Å². The lowest BCUT2D eigenvalue weighted by molar-refractivity contribution is 0.174. The van der Waals surface area contributed by atoms with Crippen molar-refractivity contribution in [3.8, 4) is 11.5 Å². The fourth-order valence-corrected chi connectivity index (χ4v) is 2.74. The second kappa shape index (κ2) is 5.35. The number of rotatable bonds is 4. The Morgan fingerprint density at radius 1 is 1.09 bits per heavy atom. The molecule has 0 saturated carbocycles. The molecular weight excluding hydrogens is 278 g/mol. The van der Waals surface area contributed by atoms with Crippen molar-refractivity contribution >= 4 is 11.0 Å². The zero-order valence-corrected chi connectivity index (χ0v) is 12.4. The fraction of sp³-hybridized carbons (Fsp3) is 0.235. The highest BCUT2D eigenvalue weighted by Gasteiger charge is 2.14. The minimum atomic E-state index is 0.313. The van der Waals surface area contributed by atoms with Gasteiger partial charge in [0.2, 0.25) is 6.79 Å². The van der Waals surface area contributed by atoms with Crippen molar-refractivity contribution in [2.24, 2.45) is 0 Å². The number of ether oxygens (including phenoxy) is 2. The number of fused-ring (bicyclic) bond motifs is 2. The van der Waals surface area contributed by atoms with Crippen LogP contribution in [0.3, 0.4) is 0 Å². The quantitative estimate of drug-likeness (QED) is 0.804. The molecule has 0 amide bonds. The Labute approximate surface area is 128 Å². The molecule has 4 rings (SSSR count). The molecule has 3 aromatic rings. The maximum absolute atomic E-state index is 5.42. The number of hydrogen-bond acceptors (Lipinski definition) is 4. The van der Waals surface area contributed by atoms with Crippen LogP contribution in [-0.2, 0) is 13.1 Å². The molecule has 0 atom stereocenters. The van der Waals surface area contributed by atoms with E-state index in [1.807, 2.05) is 36.4 Å². The first kappa shape index (κ1) is 13.2. The van der Waals surface area contributed by atoms with Gasteiger partial charge in [-0.05, 0) is 36.9 Å². The van der Waals surface area contributed by atoms with Gasteiger partial charge in [-0.2, -0.15) is 0 Å². The minimum absolute atomic E-state index is 0.313. The van der Waals surface area contributed by atoms with Crippen molar-refractivity contribution < 1.29 is 9.47 Å². The Hall–Kier alpha value is -2.53. The predicted octanol–water partition coefficient (Wildman–Crippen LogP) is 2.92. The minimum Gasteiger partial charge on any atom is -0.454 e. The van der Waals surface area contributed by atoms with Gasteiger partial charge >= 0.3 is 0 Å². The Morgan fingerprint density at radius 2 is 1.95 bits per heavy atom. The molecule has 0 fully saturated rings. The number of aromatic amines is 1. The lowest BCUT2D eigenvalue weighted by Crippen LogP contribution is -2.18. The molecule has 0 radical (unpaired) electrons. The van der Waals surface area contributed by atoms with E-state index in [4.69, 9.17) is 9.47 Å². The molecule has 5 heteroatoms. The van der Waals surface area contributed by atoms with Gasteiger partial charge in [0.15, 0.2) is 11.5 Å². The zero-order chi connectivity index (χ0) is 14.9. The predicted molar refractivity (Wildman–Crippen MR) is 83.8 cm³/mol. The largest absolute Gasteiger partial charge is 0.454 e. The van der Waals surface area contributed by atoms with Gasteiger partial charge in [0.1, 0.15) is 5.82 Å². The van der Waals surface area contributed by atoms with Crippen LogP contribution >= 0.6 is 0 Å². The second-order valence-corrected chi connectivity index (χ2v) is 5.56. The second-order valence-electron chi connectivity index (χ2n) is 5.56. The van der Waals surface area contributed by atoms with E-state index in [1.54, 1.807) is 0 Å². The molecule has 1 aliphatic rings. The molecule has 0 bridgehead atoms. The van der Waals surface area contributed by atoms with Gasteiger partial charge in [0.05, 0.1) is 17.6 Å². The molecule has 5 nitrogen and oxygen atoms in total. The Balaban J connectivity index is 1.46. The third-order valence-electron chi connectivity index (χ3n) is 3.75. The summed E-state index contributed by atoms with van der Waals surface area (Å²) in [4.78, 5) is 10.2. The first-order valence-corrected chi connectivity index (χ1v) is 7.28. The Bertz CT molecular complexity index is 780. The van der Waals surface area contributed by atoms with Crippen molar-refractivity contribution in [3.05, 3.63) is 53.9 Å². The molecule has 2 aromatic carbocycles. The number of imidazole rings is 1. The summed E-state index contributed by atoms with van der Waals surface area (Å²) in [7, 11) is 2.08. The third-order valence-corrected chi connectivity index (χ3v) is 3.75. The van der Waals surface area contributed by atoms with Crippen LogP contribution in [0.2, 0.25) is 0 Å². The SMILES string of the molecule is CN(Cc1ccc2c(c1)OCO2)Cc1nc2ccccc2[nH]1. The molecule has 1 N–H and O–H groups in total. The molecule has 1 aromatic heterocycles. The molecule has 1 aliphatic heterocycles. The van der Waals surface area contributed by atoms with Gasteiger partial charge in [-0.3, -0.25) is 4.90 Å². The first-order valence-electron chi connectivity index (χ1n) is 7.28. The monoisotopic (exact) mass is 295 g/mol. The lowest BCUT2D eigenvalue weighted by atomic mass is 10.2. The highest BCUT2D eigenvalue weighted by atomic mass is 16.7. The third kappa shape index (κ3) is 2.51. The highest BCUT2D eigenvalue weighted by Crippen LogP contribution is 2.32. The van der Waals surface area contributed by atoms with Crippen molar-refractivity contribution in [2.75, 3.05) is 13.8 Å². The standard InChI is InChI=1S/C17H17N3O2/c1-20(9-12-6-7-15-16(8-12)22-11-21-15)10-17-18-13-4-2-3-5-14(13)19-17/h2-8H,9-11H2,1H3,(H,18,19). The van der Waals surface area contributed by atoms with E-state index in [1.165, 1.54) is 5.56 Å². The van der Waals surface area contributed by atoms with Gasteiger partial charge in [-0.15, -0.1) is 0 Å². The van der Waals surface area contributed by atoms with Crippen LogP contribution in [-0.4, -0.2) is 28.7 Å². The molecule has 0 aliphatic carbocycles. The summed E-state index contributed by atoms with van der Waals surface area (Å²) >= 11 is 0. The fourth-order valence-electron chi connectivity index (χ4n) is 2.74. The summed E-state index contributed by atoms with van der Waals surface area (Å²) in [5.74, 6) is 2.63. The normalized spacial score (nSPS) is 13.2. The van der Waals surface area contributed by atoms with E-state index in [0.29, 0.717) is 6.79 Å². The molecule has 0 spiro atoms. The van der Waals surface area contributed by atoms with E-state index in [2.05, 4.69) is 28.0 Å². The summed E-state index contributed by atoms with van der Waals surface area (Å²) in [6.07, 6.45) is 0. The molecule has 0 unspecified atom stereocenters. The smallest absolute Gasteiger partial charge is 0.231 e. The van der Waals surface area contributed by atoms with Gasteiger partial charge < -0.3 is 14.5 Å². The van der Waals surface area contributed by atoms with Crippen LogP contribution in [0.15, 0.2) is 42.5 Å². The van der Waals surface area contributed by atoms with Gasteiger partial charge in [0.25, 0.3) is 0 Å². The molecule has 2 heterocycles. The summed E-state index contributed by atoms with van der Waals surface area (Å²) in [6.45, 7) is 1.91. The number of nitrogens with zero attached hydrogens (tertiary/aromatic N) is 2. The van der Waals surface area contributed by atoms with E-state index in [-0.39, 0.29) is 0 Å². The highest BCUT2D eigenvalue weighted by molar-refractivity contribution is 5.74. The van der Waals surface area contributed by atoms with Gasteiger partial charge in [-0.1, -0.05) is 18.2 Å². The first-order chi connectivity index (χ1) is 10.8. The summed E-state index contributed by atoms with van der Waals surface area (Å²) < 4.78 is 10.8. The van der Waals surface area contributed by atoms with Crippen LogP contribution in [0.1, 0.15) is 11.4 Å². The number of benzene rings is 2.